The van der Waals surface area contributed by atoms with Crippen LogP contribution < -0.4 is 5.43 Å². The number of fused-ring (bicyclic) bond motifs is 1. The van der Waals surface area contributed by atoms with Gasteiger partial charge in [0.2, 0.25) is 0 Å². The highest BCUT2D eigenvalue weighted by atomic mass is 79.9. The third kappa shape index (κ3) is 3.97. The molecule has 2 heterocycles. The van der Waals surface area contributed by atoms with E-state index in [2.05, 4.69) is 36.4 Å². The average molecular weight is 431 g/mol. The van der Waals surface area contributed by atoms with Crippen LogP contribution >= 0.6 is 15.9 Å². The summed E-state index contributed by atoms with van der Waals surface area (Å²) < 4.78 is 0.987. The number of aromatic nitrogens is 2. The molecule has 0 saturated heterocycles. The van der Waals surface area contributed by atoms with Crippen LogP contribution in [0.5, 0.6) is 0 Å². The lowest BCUT2D eigenvalue weighted by Crippen LogP contribution is -2.18. The Bertz CT molecular complexity index is 1160. The normalized spacial score (nSPS) is 11.0. The minimum Gasteiger partial charge on any atom is -0.267 e. The number of carbonyl (C=O) groups is 1. The fourth-order valence-electron chi connectivity index (χ4n) is 2.81. The first-order valence-corrected chi connectivity index (χ1v) is 9.39. The number of hydrogen-bond donors (Lipinski definition) is 1. The van der Waals surface area contributed by atoms with Gasteiger partial charge in [0.15, 0.2) is 0 Å². The van der Waals surface area contributed by atoms with Gasteiger partial charge in [0.25, 0.3) is 5.91 Å². The molecular formula is C22H15BrN4O. The summed E-state index contributed by atoms with van der Waals surface area (Å²) in [6, 6.07) is 20.7. The molecule has 28 heavy (non-hydrogen) atoms. The van der Waals surface area contributed by atoms with E-state index in [1.165, 1.54) is 0 Å². The molecule has 0 fully saturated rings. The molecule has 0 saturated carbocycles. The van der Waals surface area contributed by atoms with Crippen LogP contribution in [0.2, 0.25) is 0 Å². The van der Waals surface area contributed by atoms with E-state index in [1.54, 1.807) is 24.7 Å². The van der Waals surface area contributed by atoms with Crippen molar-refractivity contribution in [1.29, 1.82) is 0 Å². The summed E-state index contributed by atoms with van der Waals surface area (Å²) in [6.45, 7) is 0. The van der Waals surface area contributed by atoms with Crippen molar-refractivity contribution in [2.24, 2.45) is 5.10 Å². The predicted octanol–water partition coefficient (Wildman–Crippen LogP) is 4.82. The van der Waals surface area contributed by atoms with Gasteiger partial charge in [0.1, 0.15) is 0 Å². The number of benzene rings is 2. The minimum atomic E-state index is -0.290. The molecule has 2 aromatic heterocycles. The van der Waals surface area contributed by atoms with Gasteiger partial charge in [-0.25, -0.2) is 10.4 Å². The van der Waals surface area contributed by atoms with Crippen molar-refractivity contribution >= 4 is 39.0 Å². The molecule has 0 bridgehead atoms. The number of para-hydroxylation sites is 1. The van der Waals surface area contributed by atoms with Crippen LogP contribution in [0.25, 0.3) is 22.2 Å². The number of halogens is 1. The average Bonchev–Trinajstić information content (AvgIpc) is 2.75. The van der Waals surface area contributed by atoms with Gasteiger partial charge in [-0.15, -0.1) is 0 Å². The molecule has 6 heteroatoms. The summed E-state index contributed by atoms with van der Waals surface area (Å²) in [5.74, 6) is -0.290. The second-order valence-electron chi connectivity index (χ2n) is 6.06. The lowest BCUT2D eigenvalue weighted by atomic mass is 10.0. The Hall–Kier alpha value is -3.38. The maximum absolute atomic E-state index is 12.8. The molecule has 0 unspecified atom stereocenters. The zero-order valence-corrected chi connectivity index (χ0v) is 16.3. The van der Waals surface area contributed by atoms with Crippen LogP contribution in [0.3, 0.4) is 0 Å². The van der Waals surface area contributed by atoms with E-state index in [9.17, 15) is 4.79 Å². The van der Waals surface area contributed by atoms with Crippen molar-refractivity contribution in [3.63, 3.8) is 0 Å². The molecule has 0 spiro atoms. The molecule has 2 aromatic carbocycles. The van der Waals surface area contributed by atoms with Crippen molar-refractivity contribution in [3.8, 4) is 11.3 Å². The van der Waals surface area contributed by atoms with Gasteiger partial charge in [-0.3, -0.25) is 9.78 Å². The second kappa shape index (κ2) is 8.10. The van der Waals surface area contributed by atoms with Crippen LogP contribution in [0.4, 0.5) is 0 Å². The molecule has 0 atom stereocenters. The van der Waals surface area contributed by atoms with Crippen molar-refractivity contribution in [1.82, 2.24) is 15.4 Å². The van der Waals surface area contributed by atoms with Gasteiger partial charge < -0.3 is 0 Å². The first-order valence-electron chi connectivity index (χ1n) is 8.60. The monoisotopic (exact) mass is 430 g/mol. The van der Waals surface area contributed by atoms with Gasteiger partial charge in [-0.2, -0.15) is 5.10 Å². The number of nitrogens with zero attached hydrogens (tertiary/aromatic N) is 3. The Morgan fingerprint density at radius 3 is 2.54 bits per heavy atom. The van der Waals surface area contributed by atoms with Crippen LogP contribution in [0.15, 0.2) is 88.7 Å². The molecule has 5 nitrogen and oxygen atoms in total. The van der Waals surface area contributed by atoms with Crippen LogP contribution in [0, 0.1) is 0 Å². The summed E-state index contributed by atoms with van der Waals surface area (Å²) in [4.78, 5) is 21.5. The Morgan fingerprint density at radius 1 is 1.00 bits per heavy atom. The van der Waals surface area contributed by atoms with E-state index >= 15 is 0 Å². The number of nitrogens with one attached hydrogen (secondary N) is 1. The number of carbonyl (C=O) groups excluding carboxylic acids is 1. The van der Waals surface area contributed by atoms with Crippen molar-refractivity contribution in [3.05, 3.63) is 94.7 Å². The largest absolute Gasteiger partial charge is 0.272 e. The topological polar surface area (TPSA) is 67.2 Å². The zero-order valence-electron chi connectivity index (χ0n) is 14.7. The van der Waals surface area contributed by atoms with Gasteiger partial charge in [0.05, 0.1) is 23.0 Å². The first kappa shape index (κ1) is 18.0. The molecule has 1 N–H and O–H groups in total. The van der Waals surface area contributed by atoms with Crippen molar-refractivity contribution in [2.45, 2.75) is 0 Å². The van der Waals surface area contributed by atoms with Crippen molar-refractivity contribution < 1.29 is 4.79 Å². The maximum Gasteiger partial charge on any atom is 0.272 e. The van der Waals surface area contributed by atoms with E-state index in [1.807, 2.05) is 60.7 Å². The van der Waals surface area contributed by atoms with Crippen LogP contribution in [0.1, 0.15) is 15.9 Å². The molecule has 4 aromatic rings. The Morgan fingerprint density at radius 2 is 1.75 bits per heavy atom. The fraction of sp³-hybridized carbons (Fsp3) is 0. The lowest BCUT2D eigenvalue weighted by Gasteiger charge is -2.08. The maximum atomic E-state index is 12.8. The van der Waals surface area contributed by atoms with Crippen LogP contribution in [-0.2, 0) is 0 Å². The first-order chi connectivity index (χ1) is 13.7. The Kier molecular flexibility index (Phi) is 5.21. The lowest BCUT2D eigenvalue weighted by molar-refractivity contribution is 0.0957. The standard InChI is InChI=1S/C22H15BrN4O/c23-17-7-5-15(6-8-17)14-25-27-22(28)19-13-21(16-9-11-24-12-10-16)26-20-4-2-1-3-18(19)20/h1-14H,(H,27,28)/b25-14+. The molecule has 0 aliphatic carbocycles. The highest BCUT2D eigenvalue weighted by molar-refractivity contribution is 9.10. The van der Waals surface area contributed by atoms with Gasteiger partial charge in [-0.1, -0.05) is 46.3 Å². The number of hydrogen-bond acceptors (Lipinski definition) is 4. The van der Waals surface area contributed by atoms with E-state index < -0.39 is 0 Å². The van der Waals surface area contributed by atoms with E-state index in [-0.39, 0.29) is 5.91 Å². The van der Waals surface area contributed by atoms with Gasteiger partial charge >= 0.3 is 0 Å². The van der Waals surface area contributed by atoms with Gasteiger partial charge in [-0.05, 0) is 42.0 Å². The fourth-order valence-corrected chi connectivity index (χ4v) is 3.07. The highest BCUT2D eigenvalue weighted by Crippen LogP contribution is 2.24. The number of hydrazone groups is 1. The zero-order chi connectivity index (χ0) is 19.3. The number of rotatable bonds is 4. The predicted molar refractivity (Wildman–Crippen MR) is 114 cm³/mol. The summed E-state index contributed by atoms with van der Waals surface area (Å²) in [6.07, 6.45) is 5.01. The summed E-state index contributed by atoms with van der Waals surface area (Å²) in [5, 5.41) is 4.86. The second-order valence-corrected chi connectivity index (χ2v) is 6.97. The Balaban J connectivity index is 1.66. The highest BCUT2D eigenvalue weighted by Gasteiger charge is 2.13. The van der Waals surface area contributed by atoms with E-state index in [0.717, 1.165) is 26.5 Å². The number of amides is 1. The van der Waals surface area contributed by atoms with Crippen LogP contribution in [-0.4, -0.2) is 22.1 Å². The molecule has 0 aliphatic heterocycles. The minimum absolute atomic E-state index is 0.290. The SMILES string of the molecule is O=C(N/N=C/c1ccc(Br)cc1)c1cc(-c2ccncc2)nc2ccccc12. The molecule has 136 valence electrons. The quantitative estimate of drug-likeness (QED) is 0.372. The molecule has 0 radical (unpaired) electrons. The molecule has 4 rings (SSSR count). The summed E-state index contributed by atoms with van der Waals surface area (Å²) in [7, 11) is 0. The third-order valence-electron chi connectivity index (χ3n) is 4.19. The summed E-state index contributed by atoms with van der Waals surface area (Å²) in [5.41, 5.74) is 6.38. The summed E-state index contributed by atoms with van der Waals surface area (Å²) >= 11 is 3.39. The Labute approximate surface area is 170 Å². The van der Waals surface area contributed by atoms with E-state index in [0.29, 0.717) is 11.3 Å². The van der Waals surface area contributed by atoms with E-state index in [4.69, 9.17) is 0 Å². The van der Waals surface area contributed by atoms with Crippen molar-refractivity contribution in [2.75, 3.05) is 0 Å². The molecule has 0 aliphatic rings. The third-order valence-corrected chi connectivity index (χ3v) is 4.72. The number of pyridine rings is 2. The smallest absolute Gasteiger partial charge is 0.267 e. The molecular weight excluding hydrogens is 416 g/mol. The molecule has 1 amide bonds. The van der Waals surface area contributed by atoms with Gasteiger partial charge in [0, 0.05) is 27.8 Å².